The fourth-order valence-electron chi connectivity index (χ4n) is 1.82. The molecule has 0 unspecified atom stereocenters. The summed E-state index contributed by atoms with van der Waals surface area (Å²) in [5.74, 6) is -0.619. The van der Waals surface area contributed by atoms with Crippen molar-refractivity contribution in [2.45, 2.75) is 0 Å². The van der Waals surface area contributed by atoms with Gasteiger partial charge in [-0.05, 0) is 36.4 Å². The Labute approximate surface area is 130 Å². The summed E-state index contributed by atoms with van der Waals surface area (Å²) < 4.78 is 6.03. The maximum absolute atomic E-state index is 12.2. The Hall–Kier alpha value is -2.34. The molecule has 0 heterocycles. The van der Waals surface area contributed by atoms with Gasteiger partial charge in [-0.15, -0.1) is 0 Å². The van der Waals surface area contributed by atoms with Crippen molar-refractivity contribution in [2.24, 2.45) is 5.73 Å². The average molecular weight is 349 g/mol. The molecule has 3 N–H and O–H groups in total. The van der Waals surface area contributed by atoms with Crippen LogP contribution < -0.4 is 15.8 Å². The topological polar surface area (TPSA) is 81.4 Å². The van der Waals surface area contributed by atoms with E-state index in [1.165, 1.54) is 13.2 Å². The lowest BCUT2D eigenvalue weighted by atomic mass is 10.1. The van der Waals surface area contributed by atoms with Crippen molar-refractivity contribution in [1.29, 1.82) is 0 Å². The number of anilines is 1. The molecular formula is C15H13BrN2O3. The standard InChI is InChI=1S/C15H13BrN2O3/c1-21-12-4-2-3-11(14(17)19)13(12)18-15(20)9-5-7-10(16)8-6-9/h2-8H,1H3,(H2,17,19)(H,18,20). The minimum Gasteiger partial charge on any atom is -0.495 e. The summed E-state index contributed by atoms with van der Waals surface area (Å²) in [6, 6.07) is 11.6. The molecule has 0 spiro atoms. The van der Waals surface area contributed by atoms with Crippen LogP contribution in [0.2, 0.25) is 0 Å². The molecule has 0 aliphatic rings. The zero-order chi connectivity index (χ0) is 15.4. The number of nitrogens with one attached hydrogen (secondary N) is 1. The molecule has 0 bridgehead atoms. The molecule has 0 fully saturated rings. The van der Waals surface area contributed by atoms with E-state index in [4.69, 9.17) is 10.5 Å². The number of para-hydroxylation sites is 1. The van der Waals surface area contributed by atoms with Gasteiger partial charge >= 0.3 is 0 Å². The van der Waals surface area contributed by atoms with Crippen molar-refractivity contribution >= 4 is 33.4 Å². The second kappa shape index (κ2) is 6.41. The number of carbonyl (C=O) groups is 2. The number of benzene rings is 2. The highest BCUT2D eigenvalue weighted by Gasteiger charge is 2.16. The van der Waals surface area contributed by atoms with Crippen LogP contribution in [0.25, 0.3) is 0 Å². The molecule has 0 radical (unpaired) electrons. The second-order valence-corrected chi connectivity index (χ2v) is 5.12. The zero-order valence-electron chi connectivity index (χ0n) is 11.2. The number of amides is 2. The molecule has 21 heavy (non-hydrogen) atoms. The molecule has 0 atom stereocenters. The van der Waals surface area contributed by atoms with Gasteiger partial charge in [0.15, 0.2) is 0 Å². The zero-order valence-corrected chi connectivity index (χ0v) is 12.8. The van der Waals surface area contributed by atoms with Gasteiger partial charge in [0, 0.05) is 10.0 Å². The first-order valence-electron chi connectivity index (χ1n) is 6.06. The molecule has 2 amide bonds. The Morgan fingerprint density at radius 1 is 1.14 bits per heavy atom. The Morgan fingerprint density at radius 2 is 1.81 bits per heavy atom. The summed E-state index contributed by atoms with van der Waals surface area (Å²) >= 11 is 3.30. The lowest BCUT2D eigenvalue weighted by molar-refractivity contribution is 0.100. The number of ether oxygens (including phenoxy) is 1. The lowest BCUT2D eigenvalue weighted by Gasteiger charge is -2.13. The normalized spacial score (nSPS) is 10.0. The van der Waals surface area contributed by atoms with E-state index in [2.05, 4.69) is 21.2 Å². The van der Waals surface area contributed by atoms with Gasteiger partial charge in [-0.25, -0.2) is 0 Å². The number of primary amides is 1. The third-order valence-corrected chi connectivity index (χ3v) is 3.39. The third-order valence-electron chi connectivity index (χ3n) is 2.86. The van der Waals surface area contributed by atoms with Crippen molar-refractivity contribution in [3.8, 4) is 5.75 Å². The maximum Gasteiger partial charge on any atom is 0.255 e. The number of methoxy groups -OCH3 is 1. The summed E-state index contributed by atoms with van der Waals surface area (Å²) in [5.41, 5.74) is 6.24. The van der Waals surface area contributed by atoms with Crippen LogP contribution in [0, 0.1) is 0 Å². The first-order valence-corrected chi connectivity index (χ1v) is 6.86. The minimum atomic E-state index is -0.639. The van der Waals surface area contributed by atoms with E-state index in [0.29, 0.717) is 11.3 Å². The largest absolute Gasteiger partial charge is 0.495 e. The second-order valence-electron chi connectivity index (χ2n) is 4.21. The highest BCUT2D eigenvalue weighted by molar-refractivity contribution is 9.10. The van der Waals surface area contributed by atoms with Gasteiger partial charge in [-0.1, -0.05) is 22.0 Å². The van der Waals surface area contributed by atoms with Crippen LogP contribution >= 0.6 is 15.9 Å². The summed E-state index contributed by atoms with van der Waals surface area (Å²) in [7, 11) is 1.45. The SMILES string of the molecule is COc1cccc(C(N)=O)c1NC(=O)c1ccc(Br)cc1. The van der Waals surface area contributed by atoms with Crippen molar-refractivity contribution in [3.05, 3.63) is 58.1 Å². The van der Waals surface area contributed by atoms with E-state index in [-0.39, 0.29) is 17.2 Å². The Kier molecular flexibility index (Phi) is 4.59. The van der Waals surface area contributed by atoms with Crippen molar-refractivity contribution in [3.63, 3.8) is 0 Å². The van der Waals surface area contributed by atoms with Crippen LogP contribution in [0.15, 0.2) is 46.9 Å². The quantitative estimate of drug-likeness (QED) is 0.891. The van der Waals surface area contributed by atoms with E-state index in [0.717, 1.165) is 4.47 Å². The number of nitrogens with two attached hydrogens (primary N) is 1. The van der Waals surface area contributed by atoms with Crippen molar-refractivity contribution < 1.29 is 14.3 Å². The highest BCUT2D eigenvalue weighted by Crippen LogP contribution is 2.28. The van der Waals surface area contributed by atoms with Crippen LogP contribution in [-0.2, 0) is 0 Å². The van der Waals surface area contributed by atoms with Crippen LogP contribution in [0.3, 0.4) is 0 Å². The van der Waals surface area contributed by atoms with E-state index >= 15 is 0 Å². The molecule has 2 aromatic carbocycles. The molecule has 0 aliphatic carbocycles. The molecule has 2 rings (SSSR count). The smallest absolute Gasteiger partial charge is 0.255 e. The number of hydrogen-bond acceptors (Lipinski definition) is 3. The predicted octanol–water partition coefficient (Wildman–Crippen LogP) is 2.81. The molecule has 5 nitrogen and oxygen atoms in total. The highest BCUT2D eigenvalue weighted by atomic mass is 79.9. The molecular weight excluding hydrogens is 336 g/mol. The van der Waals surface area contributed by atoms with E-state index < -0.39 is 5.91 Å². The molecule has 0 saturated heterocycles. The molecule has 0 saturated carbocycles. The summed E-state index contributed by atoms with van der Waals surface area (Å²) in [6.45, 7) is 0. The monoisotopic (exact) mass is 348 g/mol. The van der Waals surface area contributed by atoms with Gasteiger partial charge < -0.3 is 15.8 Å². The maximum atomic E-state index is 12.2. The Morgan fingerprint density at radius 3 is 2.38 bits per heavy atom. The predicted molar refractivity (Wildman–Crippen MR) is 83.6 cm³/mol. The lowest BCUT2D eigenvalue weighted by Crippen LogP contribution is -2.19. The minimum absolute atomic E-state index is 0.194. The fraction of sp³-hybridized carbons (Fsp3) is 0.0667. The van der Waals surface area contributed by atoms with E-state index in [1.807, 2.05) is 0 Å². The van der Waals surface area contributed by atoms with Gasteiger partial charge in [0.1, 0.15) is 5.75 Å². The number of carbonyl (C=O) groups excluding carboxylic acids is 2. The molecule has 108 valence electrons. The molecule has 0 aromatic heterocycles. The molecule has 0 aliphatic heterocycles. The van der Waals surface area contributed by atoms with E-state index in [1.54, 1.807) is 36.4 Å². The van der Waals surface area contributed by atoms with Gasteiger partial charge in [0.2, 0.25) is 0 Å². The van der Waals surface area contributed by atoms with Crippen LogP contribution in [0.1, 0.15) is 20.7 Å². The van der Waals surface area contributed by atoms with Gasteiger partial charge in [0.25, 0.3) is 11.8 Å². The Balaban J connectivity index is 2.36. The summed E-state index contributed by atoms with van der Waals surface area (Å²) in [5, 5.41) is 2.67. The Bertz CT molecular complexity index is 684. The number of rotatable bonds is 4. The average Bonchev–Trinajstić information content (AvgIpc) is 2.47. The number of halogens is 1. The van der Waals surface area contributed by atoms with Crippen LogP contribution in [0.4, 0.5) is 5.69 Å². The molecule has 6 heteroatoms. The van der Waals surface area contributed by atoms with Crippen LogP contribution in [0.5, 0.6) is 5.75 Å². The van der Waals surface area contributed by atoms with Crippen LogP contribution in [-0.4, -0.2) is 18.9 Å². The van der Waals surface area contributed by atoms with Crippen molar-refractivity contribution in [2.75, 3.05) is 12.4 Å². The first-order chi connectivity index (χ1) is 10.0. The summed E-state index contributed by atoms with van der Waals surface area (Å²) in [4.78, 5) is 23.7. The number of hydrogen-bond donors (Lipinski definition) is 2. The van der Waals surface area contributed by atoms with E-state index in [9.17, 15) is 9.59 Å². The van der Waals surface area contributed by atoms with Gasteiger partial charge in [-0.2, -0.15) is 0 Å². The fourth-order valence-corrected chi connectivity index (χ4v) is 2.09. The molecule has 2 aromatic rings. The van der Waals surface area contributed by atoms with Gasteiger partial charge in [-0.3, -0.25) is 9.59 Å². The third kappa shape index (κ3) is 3.41. The first kappa shape index (κ1) is 15.1. The van der Waals surface area contributed by atoms with Crippen molar-refractivity contribution in [1.82, 2.24) is 0 Å². The summed E-state index contributed by atoms with van der Waals surface area (Å²) in [6.07, 6.45) is 0. The van der Waals surface area contributed by atoms with Gasteiger partial charge in [0.05, 0.1) is 18.4 Å².